The van der Waals surface area contributed by atoms with Crippen molar-refractivity contribution in [2.24, 2.45) is 0 Å². The van der Waals surface area contributed by atoms with Crippen LogP contribution in [0.15, 0.2) is 35.5 Å². The van der Waals surface area contributed by atoms with E-state index in [-0.39, 0.29) is 0 Å². The Labute approximate surface area is 95.9 Å². The van der Waals surface area contributed by atoms with E-state index >= 15 is 0 Å². The fourth-order valence-corrected chi connectivity index (χ4v) is 1.45. The zero-order valence-electron chi connectivity index (χ0n) is 8.11. The van der Waals surface area contributed by atoms with Crippen LogP contribution >= 0.6 is 15.9 Å². The van der Waals surface area contributed by atoms with Crippen molar-refractivity contribution in [1.82, 2.24) is 15.0 Å². The minimum Gasteiger partial charge on any atom is -0.338 e. The molecule has 2 heterocycles. The second-order valence-corrected chi connectivity index (χ2v) is 3.89. The Morgan fingerprint density at radius 3 is 2.87 bits per heavy atom. The van der Waals surface area contributed by atoms with Crippen LogP contribution < -0.4 is 5.32 Å². The van der Waals surface area contributed by atoms with Gasteiger partial charge in [0.1, 0.15) is 12.1 Å². The topological polar surface area (TPSA) is 50.7 Å². The number of nitrogens with one attached hydrogen (secondary N) is 1. The number of halogens is 1. The fraction of sp³-hybridized carbons (Fsp3) is 0.100. The van der Waals surface area contributed by atoms with Crippen molar-refractivity contribution in [3.63, 3.8) is 0 Å². The van der Waals surface area contributed by atoms with Gasteiger partial charge in [-0.25, -0.2) is 9.97 Å². The van der Waals surface area contributed by atoms with E-state index in [2.05, 4.69) is 36.2 Å². The zero-order valence-corrected chi connectivity index (χ0v) is 9.69. The lowest BCUT2D eigenvalue weighted by atomic mass is 10.2. The molecular formula is C10H9BrN4. The van der Waals surface area contributed by atoms with E-state index in [4.69, 9.17) is 0 Å². The Hall–Kier alpha value is -1.49. The lowest BCUT2D eigenvalue weighted by molar-refractivity contribution is 1.15. The number of aromatic nitrogens is 3. The van der Waals surface area contributed by atoms with E-state index in [0.29, 0.717) is 0 Å². The number of anilines is 2. The third-order valence-electron chi connectivity index (χ3n) is 1.96. The fourth-order valence-electron chi connectivity index (χ4n) is 1.13. The number of nitrogens with zero attached hydrogens (tertiary/aromatic N) is 3. The molecule has 0 aromatic carbocycles. The molecule has 0 aliphatic heterocycles. The summed E-state index contributed by atoms with van der Waals surface area (Å²) in [6.45, 7) is 2.01. The quantitative estimate of drug-likeness (QED) is 0.906. The molecule has 76 valence electrons. The molecule has 0 saturated heterocycles. The van der Waals surface area contributed by atoms with Crippen LogP contribution in [0.25, 0.3) is 0 Å². The Kier molecular flexibility index (Phi) is 2.91. The highest BCUT2D eigenvalue weighted by atomic mass is 79.9. The van der Waals surface area contributed by atoms with Crippen LogP contribution in [-0.4, -0.2) is 15.0 Å². The molecule has 0 atom stereocenters. The summed E-state index contributed by atoms with van der Waals surface area (Å²) in [5, 5.41) is 3.18. The predicted octanol–water partition coefficient (Wildman–Crippen LogP) is 2.69. The van der Waals surface area contributed by atoms with Crippen molar-refractivity contribution in [3.05, 3.63) is 41.0 Å². The number of pyridine rings is 1. The van der Waals surface area contributed by atoms with Crippen LogP contribution in [0, 0.1) is 6.92 Å². The number of aryl methyl sites for hydroxylation is 1. The normalized spacial score (nSPS) is 10.0. The van der Waals surface area contributed by atoms with Gasteiger partial charge in [-0.05, 0) is 34.5 Å². The van der Waals surface area contributed by atoms with Crippen molar-refractivity contribution in [3.8, 4) is 0 Å². The zero-order chi connectivity index (χ0) is 10.7. The maximum absolute atomic E-state index is 4.12. The minimum absolute atomic E-state index is 0.737. The maximum Gasteiger partial charge on any atom is 0.148 e. The van der Waals surface area contributed by atoms with E-state index in [1.807, 2.05) is 13.0 Å². The Morgan fingerprint density at radius 1 is 1.27 bits per heavy atom. The van der Waals surface area contributed by atoms with Gasteiger partial charge in [0, 0.05) is 12.4 Å². The van der Waals surface area contributed by atoms with Gasteiger partial charge in [0.15, 0.2) is 0 Å². The van der Waals surface area contributed by atoms with Gasteiger partial charge in [-0.15, -0.1) is 0 Å². The SMILES string of the molecule is Cc1ccncc1Nc1ncncc1Br. The molecule has 0 aliphatic rings. The van der Waals surface area contributed by atoms with Crippen molar-refractivity contribution < 1.29 is 0 Å². The highest BCUT2D eigenvalue weighted by molar-refractivity contribution is 9.10. The van der Waals surface area contributed by atoms with Crippen molar-refractivity contribution in [2.45, 2.75) is 6.92 Å². The van der Waals surface area contributed by atoms with E-state index in [9.17, 15) is 0 Å². The minimum atomic E-state index is 0.737. The third kappa shape index (κ3) is 2.30. The monoisotopic (exact) mass is 264 g/mol. The molecule has 2 rings (SSSR count). The summed E-state index contributed by atoms with van der Waals surface area (Å²) in [6.07, 6.45) is 6.72. The molecule has 0 aliphatic carbocycles. The number of hydrogen-bond acceptors (Lipinski definition) is 4. The van der Waals surface area contributed by atoms with Gasteiger partial charge in [-0.1, -0.05) is 0 Å². The van der Waals surface area contributed by atoms with Gasteiger partial charge in [0.2, 0.25) is 0 Å². The summed E-state index contributed by atoms with van der Waals surface area (Å²) in [5.74, 6) is 0.737. The van der Waals surface area contributed by atoms with E-state index in [1.165, 1.54) is 6.33 Å². The lowest BCUT2D eigenvalue weighted by Crippen LogP contribution is -1.97. The lowest BCUT2D eigenvalue weighted by Gasteiger charge is -2.08. The van der Waals surface area contributed by atoms with Crippen LogP contribution in [-0.2, 0) is 0 Å². The van der Waals surface area contributed by atoms with Crippen molar-refractivity contribution >= 4 is 27.4 Å². The average Bonchev–Trinajstić information content (AvgIpc) is 2.24. The molecular weight excluding hydrogens is 256 g/mol. The summed E-state index contributed by atoms with van der Waals surface area (Å²) in [4.78, 5) is 12.1. The molecule has 1 N–H and O–H groups in total. The molecule has 0 saturated carbocycles. The Balaban J connectivity index is 2.30. The molecule has 0 bridgehead atoms. The van der Waals surface area contributed by atoms with E-state index in [0.717, 1.165) is 21.5 Å². The number of rotatable bonds is 2. The standard InChI is InChI=1S/C10H9BrN4/c1-7-2-3-12-5-9(7)15-10-8(11)4-13-6-14-10/h2-6H,1H3,(H,13,14,15). The molecule has 2 aromatic heterocycles. The first-order valence-electron chi connectivity index (χ1n) is 4.40. The molecule has 0 spiro atoms. The second-order valence-electron chi connectivity index (χ2n) is 3.03. The summed E-state index contributed by atoms with van der Waals surface area (Å²) < 4.78 is 0.827. The van der Waals surface area contributed by atoms with Gasteiger partial charge in [-0.2, -0.15) is 0 Å². The van der Waals surface area contributed by atoms with Crippen LogP contribution in [0.3, 0.4) is 0 Å². The van der Waals surface area contributed by atoms with Crippen LogP contribution in [0.2, 0.25) is 0 Å². The number of hydrogen-bond donors (Lipinski definition) is 1. The molecule has 5 heteroatoms. The first-order valence-corrected chi connectivity index (χ1v) is 5.20. The molecule has 15 heavy (non-hydrogen) atoms. The van der Waals surface area contributed by atoms with Gasteiger partial charge in [-0.3, -0.25) is 4.98 Å². The Morgan fingerprint density at radius 2 is 2.13 bits per heavy atom. The largest absolute Gasteiger partial charge is 0.338 e. The van der Waals surface area contributed by atoms with Crippen LogP contribution in [0.4, 0.5) is 11.5 Å². The smallest absolute Gasteiger partial charge is 0.148 e. The summed E-state index contributed by atoms with van der Waals surface area (Å²) in [6, 6.07) is 1.94. The first-order chi connectivity index (χ1) is 7.27. The maximum atomic E-state index is 4.12. The summed E-state index contributed by atoms with van der Waals surface area (Å²) >= 11 is 3.37. The first kappa shape index (κ1) is 10.0. The molecule has 0 amide bonds. The predicted molar refractivity (Wildman–Crippen MR) is 62.0 cm³/mol. The third-order valence-corrected chi connectivity index (χ3v) is 2.54. The van der Waals surface area contributed by atoms with Crippen molar-refractivity contribution in [1.29, 1.82) is 0 Å². The molecule has 4 nitrogen and oxygen atoms in total. The van der Waals surface area contributed by atoms with Crippen LogP contribution in [0.1, 0.15) is 5.56 Å². The van der Waals surface area contributed by atoms with Gasteiger partial charge in [0.05, 0.1) is 16.4 Å². The van der Waals surface area contributed by atoms with E-state index in [1.54, 1.807) is 18.6 Å². The van der Waals surface area contributed by atoms with Crippen molar-refractivity contribution in [2.75, 3.05) is 5.32 Å². The second kappa shape index (κ2) is 4.35. The van der Waals surface area contributed by atoms with Gasteiger partial charge in [0.25, 0.3) is 0 Å². The molecule has 0 fully saturated rings. The summed E-state index contributed by atoms with van der Waals surface area (Å²) in [5.41, 5.74) is 2.06. The Bertz CT molecular complexity index is 429. The van der Waals surface area contributed by atoms with Gasteiger partial charge < -0.3 is 5.32 Å². The highest BCUT2D eigenvalue weighted by Gasteiger charge is 2.02. The highest BCUT2D eigenvalue weighted by Crippen LogP contribution is 2.23. The molecule has 0 radical (unpaired) electrons. The average molecular weight is 265 g/mol. The van der Waals surface area contributed by atoms with Gasteiger partial charge >= 0.3 is 0 Å². The van der Waals surface area contributed by atoms with E-state index < -0.39 is 0 Å². The molecule has 0 unspecified atom stereocenters. The van der Waals surface area contributed by atoms with Crippen LogP contribution in [0.5, 0.6) is 0 Å². The molecule has 2 aromatic rings. The summed E-state index contributed by atoms with van der Waals surface area (Å²) in [7, 11) is 0.